The van der Waals surface area contributed by atoms with Gasteiger partial charge in [0.15, 0.2) is 5.75 Å². The first-order chi connectivity index (χ1) is 11.9. The van der Waals surface area contributed by atoms with Crippen molar-refractivity contribution in [2.24, 2.45) is 5.10 Å². The maximum absolute atomic E-state index is 11.8. The van der Waals surface area contributed by atoms with Crippen LogP contribution in [0.5, 0.6) is 5.75 Å². The number of halogens is 3. The monoisotopic (exact) mass is 399 g/mol. The Hall–Kier alpha value is -2.28. The van der Waals surface area contributed by atoms with Gasteiger partial charge in [-0.25, -0.2) is 5.43 Å². The van der Waals surface area contributed by atoms with Crippen molar-refractivity contribution in [3.63, 3.8) is 0 Å². The summed E-state index contributed by atoms with van der Waals surface area (Å²) in [7, 11) is 1.44. The molecule has 2 aromatic rings. The van der Waals surface area contributed by atoms with E-state index in [0.29, 0.717) is 32.1 Å². The number of methoxy groups -OCH3 is 1. The Morgan fingerprint density at radius 3 is 2.36 bits per heavy atom. The number of carbonyl (C=O) groups excluding carboxylic acids is 2. The molecule has 130 valence electrons. The molecular formula is C16H12Cl3N3O3. The predicted octanol–water partition coefficient (Wildman–Crippen LogP) is 3.74. The van der Waals surface area contributed by atoms with Gasteiger partial charge < -0.3 is 10.1 Å². The number of anilines is 1. The average Bonchev–Trinajstić information content (AvgIpc) is 2.54. The zero-order valence-corrected chi connectivity index (χ0v) is 15.1. The van der Waals surface area contributed by atoms with E-state index in [9.17, 15) is 9.59 Å². The molecule has 2 N–H and O–H groups in total. The second-order valence-electron chi connectivity index (χ2n) is 4.68. The second kappa shape index (κ2) is 8.71. The summed E-state index contributed by atoms with van der Waals surface area (Å²) in [6, 6.07) is 9.50. The highest BCUT2D eigenvalue weighted by molar-refractivity contribution is 6.40. The van der Waals surface area contributed by atoms with E-state index in [1.165, 1.54) is 19.4 Å². The largest absolute Gasteiger partial charge is 0.494 e. The van der Waals surface area contributed by atoms with Gasteiger partial charge in [-0.15, -0.1) is 0 Å². The summed E-state index contributed by atoms with van der Waals surface area (Å²) in [5, 5.41) is 7.11. The molecule has 0 saturated carbocycles. The van der Waals surface area contributed by atoms with E-state index in [1.54, 1.807) is 30.3 Å². The fraction of sp³-hybridized carbons (Fsp3) is 0.0625. The molecule has 0 aliphatic rings. The fourth-order valence-electron chi connectivity index (χ4n) is 1.82. The van der Waals surface area contributed by atoms with Gasteiger partial charge in [0.2, 0.25) is 0 Å². The SMILES string of the molecule is COc1c(Cl)cc(/C=N\NC(=O)C(=O)Nc2cccc(Cl)c2)cc1Cl. The third-order valence-corrected chi connectivity index (χ3v) is 3.69. The molecule has 0 aromatic heterocycles. The van der Waals surface area contributed by atoms with Crippen molar-refractivity contribution in [2.75, 3.05) is 12.4 Å². The first-order valence-corrected chi connectivity index (χ1v) is 7.97. The Bertz CT molecular complexity index is 817. The topological polar surface area (TPSA) is 79.8 Å². The van der Waals surface area contributed by atoms with Gasteiger partial charge in [0.1, 0.15) is 0 Å². The molecule has 0 aliphatic carbocycles. The van der Waals surface area contributed by atoms with Crippen LogP contribution in [0.2, 0.25) is 15.1 Å². The maximum atomic E-state index is 11.8. The highest BCUT2D eigenvalue weighted by atomic mass is 35.5. The molecule has 0 radical (unpaired) electrons. The number of rotatable bonds is 4. The van der Waals surface area contributed by atoms with Crippen molar-refractivity contribution in [2.45, 2.75) is 0 Å². The lowest BCUT2D eigenvalue weighted by molar-refractivity contribution is -0.136. The third-order valence-electron chi connectivity index (χ3n) is 2.89. The van der Waals surface area contributed by atoms with E-state index in [0.717, 1.165) is 0 Å². The Morgan fingerprint density at radius 2 is 1.76 bits per heavy atom. The molecule has 25 heavy (non-hydrogen) atoms. The van der Waals surface area contributed by atoms with Crippen LogP contribution in [0, 0.1) is 0 Å². The van der Waals surface area contributed by atoms with Crippen molar-refractivity contribution in [1.29, 1.82) is 0 Å². The van der Waals surface area contributed by atoms with Crippen LogP contribution in [0.25, 0.3) is 0 Å². The highest BCUT2D eigenvalue weighted by Crippen LogP contribution is 2.33. The lowest BCUT2D eigenvalue weighted by Gasteiger charge is -2.06. The van der Waals surface area contributed by atoms with Gasteiger partial charge in [-0.1, -0.05) is 40.9 Å². The summed E-state index contributed by atoms with van der Waals surface area (Å²) >= 11 is 17.8. The summed E-state index contributed by atoms with van der Waals surface area (Å²) in [6.07, 6.45) is 1.29. The standard InChI is InChI=1S/C16H12Cl3N3O3/c1-25-14-12(18)5-9(6-13(14)19)8-20-22-16(24)15(23)21-11-4-2-3-10(17)7-11/h2-8H,1H3,(H,21,23)(H,22,24)/b20-8-. The van der Waals surface area contributed by atoms with Crippen molar-refractivity contribution < 1.29 is 14.3 Å². The van der Waals surface area contributed by atoms with Crippen molar-refractivity contribution in [3.8, 4) is 5.75 Å². The van der Waals surface area contributed by atoms with Gasteiger partial charge in [-0.05, 0) is 35.9 Å². The molecular weight excluding hydrogens is 389 g/mol. The van der Waals surface area contributed by atoms with Gasteiger partial charge in [0.25, 0.3) is 0 Å². The summed E-state index contributed by atoms with van der Waals surface area (Å²) in [6.45, 7) is 0. The first kappa shape index (κ1) is 19.1. The number of amides is 2. The summed E-state index contributed by atoms with van der Waals surface area (Å²) < 4.78 is 5.03. The van der Waals surface area contributed by atoms with Crippen molar-refractivity contribution in [1.82, 2.24) is 5.43 Å². The molecule has 0 fully saturated rings. The summed E-state index contributed by atoms with van der Waals surface area (Å²) in [5.41, 5.74) is 3.01. The summed E-state index contributed by atoms with van der Waals surface area (Å²) in [4.78, 5) is 23.5. The Balaban J connectivity index is 1.97. The van der Waals surface area contributed by atoms with E-state index in [-0.39, 0.29) is 0 Å². The van der Waals surface area contributed by atoms with Gasteiger partial charge in [-0.3, -0.25) is 9.59 Å². The highest BCUT2D eigenvalue weighted by Gasteiger charge is 2.13. The van der Waals surface area contributed by atoms with E-state index in [2.05, 4.69) is 15.8 Å². The number of ether oxygens (including phenoxy) is 1. The van der Waals surface area contributed by atoms with Crippen LogP contribution in [0.15, 0.2) is 41.5 Å². The molecule has 0 aliphatic heterocycles. The number of nitrogens with zero attached hydrogens (tertiary/aromatic N) is 1. The number of benzene rings is 2. The van der Waals surface area contributed by atoms with Gasteiger partial charge in [0.05, 0.1) is 23.4 Å². The first-order valence-electron chi connectivity index (χ1n) is 6.83. The van der Waals surface area contributed by atoms with E-state index < -0.39 is 11.8 Å². The van der Waals surface area contributed by atoms with E-state index in [4.69, 9.17) is 39.5 Å². The summed E-state index contributed by atoms with van der Waals surface area (Å²) in [5.74, 6) is -1.49. The number of nitrogens with one attached hydrogen (secondary N) is 2. The molecule has 0 unspecified atom stereocenters. The lowest BCUT2D eigenvalue weighted by Crippen LogP contribution is -2.32. The molecule has 2 amide bonds. The van der Waals surface area contributed by atoms with E-state index >= 15 is 0 Å². The smallest absolute Gasteiger partial charge is 0.329 e. The predicted molar refractivity (Wildman–Crippen MR) is 98.8 cm³/mol. The van der Waals surface area contributed by atoms with Gasteiger partial charge >= 0.3 is 11.8 Å². The zero-order valence-electron chi connectivity index (χ0n) is 12.8. The Labute approximate surface area is 158 Å². The molecule has 6 nitrogen and oxygen atoms in total. The third kappa shape index (κ3) is 5.35. The Morgan fingerprint density at radius 1 is 1.08 bits per heavy atom. The van der Waals surface area contributed by atoms with E-state index in [1.807, 2.05) is 0 Å². The van der Waals surface area contributed by atoms with Crippen LogP contribution in [-0.4, -0.2) is 25.1 Å². The minimum Gasteiger partial charge on any atom is -0.494 e. The van der Waals surface area contributed by atoms with Crippen molar-refractivity contribution in [3.05, 3.63) is 57.0 Å². The average molecular weight is 401 g/mol. The molecule has 0 heterocycles. The zero-order chi connectivity index (χ0) is 18.4. The van der Waals surface area contributed by atoms with Crippen LogP contribution >= 0.6 is 34.8 Å². The quantitative estimate of drug-likeness (QED) is 0.466. The van der Waals surface area contributed by atoms with Crippen LogP contribution in [-0.2, 0) is 9.59 Å². The number of hydrogen-bond donors (Lipinski definition) is 2. The minimum absolute atomic E-state index is 0.293. The normalized spacial score (nSPS) is 10.6. The van der Waals surface area contributed by atoms with Crippen LogP contribution in [0.3, 0.4) is 0 Å². The van der Waals surface area contributed by atoms with Gasteiger partial charge in [0, 0.05) is 10.7 Å². The molecule has 9 heteroatoms. The van der Waals surface area contributed by atoms with Gasteiger partial charge in [-0.2, -0.15) is 5.10 Å². The van der Waals surface area contributed by atoms with Crippen molar-refractivity contribution >= 4 is 58.5 Å². The minimum atomic E-state index is -0.943. The molecule has 0 atom stereocenters. The molecule has 2 aromatic carbocycles. The molecule has 2 rings (SSSR count). The number of carbonyl (C=O) groups is 2. The Kier molecular flexibility index (Phi) is 6.64. The van der Waals surface area contributed by atoms with Crippen LogP contribution in [0.4, 0.5) is 5.69 Å². The number of hydrogen-bond acceptors (Lipinski definition) is 4. The van der Waals surface area contributed by atoms with Crippen LogP contribution < -0.4 is 15.5 Å². The maximum Gasteiger partial charge on any atom is 0.329 e. The number of hydrazone groups is 1. The molecule has 0 spiro atoms. The lowest BCUT2D eigenvalue weighted by atomic mass is 10.2. The molecule has 0 saturated heterocycles. The van der Waals surface area contributed by atoms with Crippen LogP contribution in [0.1, 0.15) is 5.56 Å². The fourth-order valence-corrected chi connectivity index (χ4v) is 2.67. The second-order valence-corrected chi connectivity index (χ2v) is 5.93. The molecule has 0 bridgehead atoms.